The van der Waals surface area contributed by atoms with Gasteiger partial charge in [0.1, 0.15) is 0 Å². The second kappa shape index (κ2) is 13.4. The highest BCUT2D eigenvalue weighted by molar-refractivity contribution is 5.97. The van der Waals surface area contributed by atoms with Gasteiger partial charge in [-0.1, -0.05) is 43.2 Å². The zero-order chi connectivity index (χ0) is 32.3. The van der Waals surface area contributed by atoms with Crippen molar-refractivity contribution in [1.29, 1.82) is 0 Å². The van der Waals surface area contributed by atoms with Gasteiger partial charge in [0.05, 0.1) is 31.7 Å². The highest BCUT2D eigenvalue weighted by Crippen LogP contribution is 2.44. The van der Waals surface area contributed by atoms with Gasteiger partial charge < -0.3 is 24.2 Å². The van der Waals surface area contributed by atoms with E-state index in [1.54, 1.807) is 31.3 Å². The van der Waals surface area contributed by atoms with Crippen LogP contribution in [0.4, 0.5) is 24.5 Å². The molecule has 2 aliphatic heterocycles. The normalized spacial score (nSPS) is 20.7. The van der Waals surface area contributed by atoms with Crippen LogP contribution in [0.25, 0.3) is 0 Å². The van der Waals surface area contributed by atoms with E-state index in [1.165, 1.54) is 12.1 Å². The van der Waals surface area contributed by atoms with Crippen molar-refractivity contribution in [2.24, 2.45) is 5.92 Å². The van der Waals surface area contributed by atoms with Crippen LogP contribution in [0.15, 0.2) is 66.7 Å². The first kappa shape index (κ1) is 32.2. The lowest BCUT2D eigenvalue weighted by atomic mass is 9.82. The number of rotatable bonds is 8. The van der Waals surface area contributed by atoms with Crippen LogP contribution < -0.4 is 19.3 Å². The quantitative estimate of drug-likeness (QED) is 0.270. The van der Waals surface area contributed by atoms with Crippen molar-refractivity contribution in [3.05, 3.63) is 83.4 Å². The Morgan fingerprint density at radius 3 is 2.33 bits per heavy atom. The molecule has 2 heterocycles. The molecule has 2 saturated heterocycles. The van der Waals surface area contributed by atoms with Gasteiger partial charge in [0, 0.05) is 43.5 Å². The smallest absolute Gasteiger partial charge is 0.416 e. The maximum atomic E-state index is 14.6. The third-order valence-corrected chi connectivity index (χ3v) is 8.90. The number of benzene rings is 3. The van der Waals surface area contributed by atoms with Crippen molar-refractivity contribution < 1.29 is 32.2 Å². The maximum absolute atomic E-state index is 14.6. The van der Waals surface area contributed by atoms with Crippen molar-refractivity contribution in [3.63, 3.8) is 0 Å². The summed E-state index contributed by atoms with van der Waals surface area (Å²) < 4.78 is 51.4. The average Bonchev–Trinajstić information content (AvgIpc) is 3.04. The van der Waals surface area contributed by atoms with Gasteiger partial charge in [-0.05, 0) is 67.8 Å². The zero-order valence-corrected chi connectivity index (χ0v) is 26.1. The molecule has 3 aromatic rings. The molecule has 0 N–H and O–H groups in total. The van der Waals surface area contributed by atoms with Gasteiger partial charge >= 0.3 is 6.18 Å². The number of hydrogen-bond acceptors (Lipinski definition) is 5. The minimum atomic E-state index is -4.43. The number of piperidine rings is 1. The van der Waals surface area contributed by atoms with Crippen molar-refractivity contribution in [3.8, 4) is 11.5 Å². The van der Waals surface area contributed by atoms with Gasteiger partial charge in [-0.25, -0.2) is 0 Å². The number of carbonyl (C=O) groups is 2. The fourth-order valence-corrected chi connectivity index (χ4v) is 6.63. The summed E-state index contributed by atoms with van der Waals surface area (Å²) >= 11 is 0. The number of piperazine rings is 1. The number of alkyl halides is 3. The molecule has 7 nitrogen and oxygen atoms in total. The summed E-state index contributed by atoms with van der Waals surface area (Å²) in [5.74, 6) is 0.383. The molecule has 0 aromatic heterocycles. The Hall–Kier alpha value is -4.21. The highest BCUT2D eigenvalue weighted by atomic mass is 19.4. The Morgan fingerprint density at radius 1 is 0.933 bits per heavy atom. The lowest BCUT2D eigenvalue weighted by Gasteiger charge is -2.47. The van der Waals surface area contributed by atoms with E-state index in [2.05, 4.69) is 0 Å². The fraction of sp³-hybridized carbons (Fsp3) is 0.429. The summed E-state index contributed by atoms with van der Waals surface area (Å²) in [6.07, 6.45) is -2.32. The third-order valence-electron chi connectivity index (χ3n) is 8.90. The molecule has 0 saturated carbocycles. The standard InChI is InChI=1S/C35H40F3N3O4/c1-5-7-28-22-39(27-9-6-8-25(21-27)35(36,37)38)18-19-40(28)34(43)29-15-17-32(42)41(26-13-10-23(2)11-14-26)33(29)24-12-16-30(44-3)31(20-24)45-4/h6,8-14,16,20-21,28-29,33H,5,7,15,17-19,22H2,1-4H3. The third kappa shape index (κ3) is 6.74. The average molecular weight is 624 g/mol. The zero-order valence-electron chi connectivity index (χ0n) is 26.1. The summed E-state index contributed by atoms with van der Waals surface area (Å²) in [4.78, 5) is 33.8. The van der Waals surface area contributed by atoms with E-state index in [0.717, 1.165) is 23.6 Å². The first-order valence-electron chi connectivity index (χ1n) is 15.4. The molecular weight excluding hydrogens is 583 g/mol. The second-order valence-corrected chi connectivity index (χ2v) is 11.8. The van der Waals surface area contributed by atoms with Gasteiger partial charge in [0.15, 0.2) is 11.5 Å². The van der Waals surface area contributed by atoms with Crippen molar-refractivity contribution in [2.75, 3.05) is 43.7 Å². The van der Waals surface area contributed by atoms with Crippen LogP contribution in [0, 0.1) is 12.8 Å². The van der Waals surface area contributed by atoms with Crippen molar-refractivity contribution >= 4 is 23.2 Å². The van der Waals surface area contributed by atoms with Gasteiger partial charge in [-0.15, -0.1) is 0 Å². The van der Waals surface area contributed by atoms with Crippen LogP contribution in [-0.4, -0.2) is 56.6 Å². The molecule has 3 atom stereocenters. The largest absolute Gasteiger partial charge is 0.493 e. The van der Waals surface area contributed by atoms with E-state index >= 15 is 0 Å². The number of ether oxygens (including phenoxy) is 2. The van der Waals surface area contributed by atoms with Crippen LogP contribution in [0.5, 0.6) is 11.5 Å². The van der Waals surface area contributed by atoms with E-state index in [0.29, 0.717) is 55.3 Å². The van der Waals surface area contributed by atoms with Crippen molar-refractivity contribution in [2.45, 2.75) is 57.8 Å². The maximum Gasteiger partial charge on any atom is 0.416 e. The second-order valence-electron chi connectivity index (χ2n) is 11.8. The minimum absolute atomic E-state index is 0.0541. The predicted octanol–water partition coefficient (Wildman–Crippen LogP) is 7.03. The Bertz CT molecular complexity index is 1510. The van der Waals surface area contributed by atoms with Crippen LogP contribution >= 0.6 is 0 Å². The summed E-state index contributed by atoms with van der Waals surface area (Å²) in [6, 6.07) is 17.8. The lowest BCUT2D eigenvalue weighted by molar-refractivity contribution is -0.141. The molecule has 2 aliphatic rings. The molecule has 240 valence electrons. The molecule has 2 fully saturated rings. The highest BCUT2D eigenvalue weighted by Gasteiger charge is 2.45. The monoisotopic (exact) mass is 623 g/mol. The minimum Gasteiger partial charge on any atom is -0.493 e. The molecule has 2 amide bonds. The summed E-state index contributed by atoms with van der Waals surface area (Å²) in [6.45, 7) is 5.22. The number of anilines is 2. The van der Waals surface area contributed by atoms with Gasteiger partial charge in [-0.3, -0.25) is 9.59 Å². The Balaban J connectivity index is 1.50. The Morgan fingerprint density at radius 2 is 1.67 bits per heavy atom. The Labute approximate surface area is 262 Å². The van der Waals surface area contributed by atoms with Crippen LogP contribution in [0.2, 0.25) is 0 Å². The summed E-state index contributed by atoms with van der Waals surface area (Å²) in [5.41, 5.74) is 2.33. The molecule has 0 aliphatic carbocycles. The molecular formula is C35H40F3N3O4. The molecule has 0 bridgehead atoms. The van der Waals surface area contributed by atoms with Gasteiger partial charge in [0.2, 0.25) is 11.8 Å². The molecule has 0 radical (unpaired) electrons. The fourth-order valence-electron chi connectivity index (χ4n) is 6.63. The van der Waals surface area contributed by atoms with E-state index in [4.69, 9.17) is 9.47 Å². The molecule has 45 heavy (non-hydrogen) atoms. The molecule has 5 rings (SSSR count). The SMILES string of the molecule is CCCC1CN(c2cccc(C(F)(F)F)c2)CCN1C(=O)C1CCC(=O)N(c2ccc(C)cc2)C1c1ccc(OC)c(OC)c1. The van der Waals surface area contributed by atoms with Gasteiger partial charge in [-0.2, -0.15) is 13.2 Å². The Kier molecular flexibility index (Phi) is 9.60. The number of methoxy groups -OCH3 is 2. The van der Waals surface area contributed by atoms with Crippen molar-refractivity contribution in [1.82, 2.24) is 4.90 Å². The van der Waals surface area contributed by atoms with Crippen LogP contribution in [-0.2, 0) is 15.8 Å². The summed E-state index contributed by atoms with van der Waals surface area (Å²) in [5, 5.41) is 0. The first-order valence-corrected chi connectivity index (χ1v) is 15.4. The number of halogens is 3. The molecule has 10 heteroatoms. The number of aryl methyl sites for hydroxylation is 1. The molecule has 3 aromatic carbocycles. The number of amides is 2. The molecule has 3 unspecified atom stereocenters. The topological polar surface area (TPSA) is 62.3 Å². The van der Waals surface area contributed by atoms with E-state index in [-0.39, 0.29) is 24.3 Å². The first-order chi connectivity index (χ1) is 21.5. The van der Waals surface area contributed by atoms with E-state index in [1.807, 2.05) is 60.0 Å². The van der Waals surface area contributed by atoms with Crippen LogP contribution in [0.3, 0.4) is 0 Å². The van der Waals surface area contributed by atoms with Crippen LogP contribution in [0.1, 0.15) is 55.3 Å². The molecule has 0 spiro atoms. The van der Waals surface area contributed by atoms with E-state index < -0.39 is 23.7 Å². The number of hydrogen-bond donors (Lipinski definition) is 0. The lowest BCUT2D eigenvalue weighted by Crippen LogP contribution is -2.58. The van der Waals surface area contributed by atoms with E-state index in [9.17, 15) is 22.8 Å². The number of nitrogens with zero attached hydrogens (tertiary/aromatic N) is 3. The van der Waals surface area contributed by atoms with Gasteiger partial charge in [0.25, 0.3) is 0 Å². The predicted molar refractivity (Wildman–Crippen MR) is 168 cm³/mol. The summed E-state index contributed by atoms with van der Waals surface area (Å²) in [7, 11) is 3.10. The number of carbonyl (C=O) groups excluding carboxylic acids is 2.